The van der Waals surface area contributed by atoms with Gasteiger partial charge >= 0.3 is 0 Å². The number of methoxy groups -OCH3 is 2. The Hall–Kier alpha value is -1.02. The number of nitrogens with one attached hydrogen (secondary N) is 2. The van der Waals surface area contributed by atoms with Gasteiger partial charge in [-0.2, -0.15) is 0 Å². The van der Waals surface area contributed by atoms with Crippen LogP contribution in [-0.2, 0) is 10.0 Å². The van der Waals surface area contributed by atoms with Crippen molar-refractivity contribution >= 4 is 22.4 Å². The Morgan fingerprint density at radius 3 is 2.52 bits per heavy atom. The van der Waals surface area contributed by atoms with Gasteiger partial charge in [-0.25, -0.2) is 13.1 Å². The molecular formula is C13H21ClN2O4S. The molecule has 8 heteroatoms. The van der Waals surface area contributed by atoms with Crippen molar-refractivity contribution in [3.63, 3.8) is 0 Å². The number of piperidine rings is 1. The highest BCUT2D eigenvalue weighted by molar-refractivity contribution is 7.89. The number of halogens is 1. The topological polar surface area (TPSA) is 76.7 Å². The zero-order valence-corrected chi connectivity index (χ0v) is 13.7. The minimum atomic E-state index is -3.54. The number of benzene rings is 1. The van der Waals surface area contributed by atoms with Crippen molar-refractivity contribution in [3.05, 3.63) is 18.2 Å². The van der Waals surface area contributed by atoms with E-state index >= 15 is 0 Å². The van der Waals surface area contributed by atoms with Crippen LogP contribution in [0, 0.1) is 0 Å². The van der Waals surface area contributed by atoms with E-state index in [9.17, 15) is 8.42 Å². The maximum Gasteiger partial charge on any atom is 0.241 e. The highest BCUT2D eigenvalue weighted by Gasteiger charge is 2.22. The first-order valence-electron chi connectivity index (χ1n) is 6.52. The maximum absolute atomic E-state index is 12.3. The van der Waals surface area contributed by atoms with Crippen molar-refractivity contribution < 1.29 is 17.9 Å². The summed E-state index contributed by atoms with van der Waals surface area (Å²) >= 11 is 0. The summed E-state index contributed by atoms with van der Waals surface area (Å²) in [4.78, 5) is 0.181. The SMILES string of the molecule is COc1ccc(S(=O)(=O)N[C@H]2CCCNC2)cc1OC.Cl. The van der Waals surface area contributed by atoms with Crippen LogP contribution in [0.25, 0.3) is 0 Å². The third kappa shape index (κ3) is 4.47. The molecule has 1 aliphatic rings. The molecule has 6 nitrogen and oxygen atoms in total. The predicted molar refractivity (Wildman–Crippen MR) is 83.0 cm³/mol. The van der Waals surface area contributed by atoms with Gasteiger partial charge in [0.2, 0.25) is 10.0 Å². The summed E-state index contributed by atoms with van der Waals surface area (Å²) < 4.78 is 37.6. The molecule has 1 aromatic carbocycles. The molecule has 120 valence electrons. The summed E-state index contributed by atoms with van der Waals surface area (Å²) in [6.07, 6.45) is 1.82. The van der Waals surface area contributed by atoms with Gasteiger partial charge in [0.1, 0.15) is 0 Å². The monoisotopic (exact) mass is 336 g/mol. The molecule has 0 unspecified atom stereocenters. The van der Waals surface area contributed by atoms with Gasteiger partial charge in [0.25, 0.3) is 0 Å². The fourth-order valence-corrected chi connectivity index (χ4v) is 3.51. The zero-order chi connectivity index (χ0) is 14.6. The second kappa shape index (κ2) is 7.84. The maximum atomic E-state index is 12.3. The van der Waals surface area contributed by atoms with E-state index < -0.39 is 10.0 Å². The molecule has 1 heterocycles. The second-order valence-corrected chi connectivity index (χ2v) is 6.40. The summed E-state index contributed by atoms with van der Waals surface area (Å²) in [5.41, 5.74) is 0. The first-order chi connectivity index (χ1) is 9.56. The molecule has 1 aliphatic heterocycles. The summed E-state index contributed by atoms with van der Waals surface area (Å²) in [7, 11) is -0.552. The summed E-state index contributed by atoms with van der Waals surface area (Å²) in [5.74, 6) is 0.905. The molecule has 0 bridgehead atoms. The van der Waals surface area contributed by atoms with Crippen molar-refractivity contribution in [2.45, 2.75) is 23.8 Å². The van der Waals surface area contributed by atoms with Crippen molar-refractivity contribution in [1.82, 2.24) is 10.0 Å². The molecule has 1 aromatic rings. The molecular weight excluding hydrogens is 316 g/mol. The van der Waals surface area contributed by atoms with Crippen molar-refractivity contribution in [2.75, 3.05) is 27.3 Å². The molecule has 0 aromatic heterocycles. The molecule has 1 atom stereocenters. The lowest BCUT2D eigenvalue weighted by Crippen LogP contribution is -2.45. The van der Waals surface area contributed by atoms with Gasteiger partial charge in [0.15, 0.2) is 11.5 Å². The average Bonchev–Trinajstić information content (AvgIpc) is 2.47. The third-order valence-electron chi connectivity index (χ3n) is 3.28. The summed E-state index contributed by atoms with van der Waals surface area (Å²) in [6.45, 7) is 1.60. The quantitative estimate of drug-likeness (QED) is 0.843. The zero-order valence-electron chi connectivity index (χ0n) is 12.1. The van der Waals surface area contributed by atoms with Crippen LogP contribution in [0.3, 0.4) is 0 Å². The first-order valence-corrected chi connectivity index (χ1v) is 8.00. The standard InChI is InChI=1S/C13H20N2O4S.ClH/c1-18-12-6-5-11(8-13(12)19-2)20(16,17)15-10-4-3-7-14-9-10;/h5-6,8,10,14-15H,3-4,7,9H2,1-2H3;1H/t10-;/m0./s1. The van der Waals surface area contributed by atoms with Gasteiger partial charge in [-0.15, -0.1) is 12.4 Å². The van der Waals surface area contributed by atoms with Gasteiger partial charge in [0.05, 0.1) is 19.1 Å². The third-order valence-corrected chi connectivity index (χ3v) is 4.80. The lowest BCUT2D eigenvalue weighted by atomic mass is 10.1. The molecule has 21 heavy (non-hydrogen) atoms. The molecule has 0 amide bonds. The molecule has 0 radical (unpaired) electrons. The molecule has 0 saturated carbocycles. The Bertz CT molecular complexity index is 559. The fourth-order valence-electron chi connectivity index (χ4n) is 2.22. The Morgan fingerprint density at radius 2 is 1.95 bits per heavy atom. The van der Waals surface area contributed by atoms with Crippen molar-refractivity contribution in [3.8, 4) is 11.5 Å². The Morgan fingerprint density at radius 1 is 1.24 bits per heavy atom. The number of hydrogen-bond donors (Lipinski definition) is 2. The Balaban J connectivity index is 0.00000220. The van der Waals surface area contributed by atoms with Crippen LogP contribution in [0.4, 0.5) is 0 Å². The Labute approximate surface area is 131 Å². The van der Waals surface area contributed by atoms with Crippen molar-refractivity contribution in [1.29, 1.82) is 0 Å². The predicted octanol–water partition coefficient (Wildman–Crippen LogP) is 1.16. The van der Waals surface area contributed by atoms with E-state index in [2.05, 4.69) is 10.0 Å². The number of ether oxygens (including phenoxy) is 2. The molecule has 2 N–H and O–H groups in total. The average molecular weight is 337 g/mol. The highest BCUT2D eigenvalue weighted by Crippen LogP contribution is 2.29. The van der Waals surface area contributed by atoms with E-state index in [1.54, 1.807) is 6.07 Å². The van der Waals surface area contributed by atoms with E-state index in [1.165, 1.54) is 26.4 Å². The van der Waals surface area contributed by atoms with Crippen LogP contribution >= 0.6 is 12.4 Å². The molecule has 1 fully saturated rings. The normalized spacial score (nSPS) is 18.7. The van der Waals surface area contributed by atoms with Gasteiger partial charge in [-0.05, 0) is 31.5 Å². The van der Waals surface area contributed by atoms with Crippen LogP contribution in [0.15, 0.2) is 23.1 Å². The molecule has 0 aliphatic carbocycles. The lowest BCUT2D eigenvalue weighted by molar-refractivity contribution is 0.353. The van der Waals surface area contributed by atoms with E-state index in [4.69, 9.17) is 9.47 Å². The minimum Gasteiger partial charge on any atom is -0.493 e. The van der Waals surface area contributed by atoms with E-state index in [0.717, 1.165) is 19.4 Å². The van der Waals surface area contributed by atoms with Gasteiger partial charge in [-0.3, -0.25) is 0 Å². The molecule has 2 rings (SSSR count). The van der Waals surface area contributed by atoms with Crippen LogP contribution < -0.4 is 19.5 Å². The van der Waals surface area contributed by atoms with Crippen LogP contribution in [-0.4, -0.2) is 41.8 Å². The molecule has 0 spiro atoms. The molecule has 1 saturated heterocycles. The van der Waals surface area contributed by atoms with Gasteiger partial charge < -0.3 is 14.8 Å². The summed E-state index contributed by atoms with van der Waals surface area (Å²) in [6, 6.07) is 4.51. The fraction of sp³-hybridized carbons (Fsp3) is 0.538. The first kappa shape index (κ1) is 18.0. The van der Waals surface area contributed by atoms with Crippen molar-refractivity contribution in [2.24, 2.45) is 0 Å². The summed E-state index contributed by atoms with van der Waals surface area (Å²) in [5, 5.41) is 3.18. The Kier molecular flexibility index (Phi) is 6.73. The highest BCUT2D eigenvalue weighted by atomic mass is 35.5. The number of rotatable bonds is 5. The van der Waals surface area contributed by atoms with Crippen LogP contribution in [0.5, 0.6) is 11.5 Å². The van der Waals surface area contributed by atoms with E-state index in [0.29, 0.717) is 18.0 Å². The smallest absolute Gasteiger partial charge is 0.241 e. The van der Waals surface area contributed by atoms with E-state index in [-0.39, 0.29) is 23.3 Å². The van der Waals surface area contributed by atoms with Crippen LogP contribution in [0.1, 0.15) is 12.8 Å². The lowest BCUT2D eigenvalue weighted by Gasteiger charge is -2.23. The van der Waals surface area contributed by atoms with E-state index in [1.807, 2.05) is 0 Å². The minimum absolute atomic E-state index is 0. The number of hydrogen-bond acceptors (Lipinski definition) is 5. The van der Waals surface area contributed by atoms with Gasteiger partial charge in [0, 0.05) is 18.7 Å². The largest absolute Gasteiger partial charge is 0.493 e. The second-order valence-electron chi connectivity index (χ2n) is 4.68. The number of sulfonamides is 1. The van der Waals surface area contributed by atoms with Crippen LogP contribution in [0.2, 0.25) is 0 Å². The van der Waals surface area contributed by atoms with Gasteiger partial charge in [-0.1, -0.05) is 0 Å².